The van der Waals surface area contributed by atoms with E-state index in [1.54, 1.807) is 30.0 Å². The van der Waals surface area contributed by atoms with E-state index in [0.29, 0.717) is 29.7 Å². The van der Waals surface area contributed by atoms with E-state index in [2.05, 4.69) is 20.8 Å². The molecule has 9 heteroatoms. The molecule has 0 aliphatic rings. The van der Waals surface area contributed by atoms with Crippen LogP contribution in [-0.4, -0.2) is 38.0 Å². The van der Waals surface area contributed by atoms with Crippen LogP contribution in [0.3, 0.4) is 0 Å². The highest BCUT2D eigenvalue weighted by Gasteiger charge is 2.20. The van der Waals surface area contributed by atoms with Gasteiger partial charge in [0.15, 0.2) is 0 Å². The van der Waals surface area contributed by atoms with Gasteiger partial charge >= 0.3 is 0 Å². The number of anilines is 1. The van der Waals surface area contributed by atoms with Crippen LogP contribution in [-0.2, 0) is 11.3 Å². The van der Waals surface area contributed by atoms with E-state index in [-0.39, 0.29) is 5.91 Å². The summed E-state index contributed by atoms with van der Waals surface area (Å²) in [6, 6.07) is 11.0. The molecule has 1 amide bonds. The molecular formula is C17H19N5O3S. The first-order valence-corrected chi connectivity index (χ1v) is 9.03. The van der Waals surface area contributed by atoms with Gasteiger partial charge in [-0.1, -0.05) is 23.9 Å². The predicted octanol–water partition coefficient (Wildman–Crippen LogP) is 2.83. The molecule has 0 saturated carbocycles. The van der Waals surface area contributed by atoms with Gasteiger partial charge < -0.3 is 14.5 Å². The third kappa shape index (κ3) is 4.42. The van der Waals surface area contributed by atoms with Crippen LogP contribution < -0.4 is 10.1 Å². The number of furan rings is 1. The van der Waals surface area contributed by atoms with Crippen molar-refractivity contribution in [3.63, 3.8) is 0 Å². The van der Waals surface area contributed by atoms with Crippen LogP contribution in [0.4, 0.5) is 5.69 Å². The number of nitrogens with one attached hydrogen (secondary N) is 1. The summed E-state index contributed by atoms with van der Waals surface area (Å²) in [5.74, 6) is 1.22. The quantitative estimate of drug-likeness (QED) is 0.607. The number of para-hydroxylation sites is 2. The summed E-state index contributed by atoms with van der Waals surface area (Å²) in [4.78, 5) is 12.5. The number of aromatic nitrogens is 4. The Morgan fingerprint density at radius 3 is 2.96 bits per heavy atom. The molecule has 136 valence electrons. The molecule has 0 saturated heterocycles. The van der Waals surface area contributed by atoms with Crippen LogP contribution in [0.15, 0.2) is 52.2 Å². The fraction of sp³-hybridized carbons (Fsp3) is 0.294. The number of carbonyl (C=O) groups excluding carboxylic acids is 1. The maximum atomic E-state index is 12.5. The van der Waals surface area contributed by atoms with Crippen molar-refractivity contribution in [3.8, 4) is 5.75 Å². The molecule has 0 bridgehead atoms. The van der Waals surface area contributed by atoms with Gasteiger partial charge in [-0.05, 0) is 48.5 Å². The zero-order valence-electron chi connectivity index (χ0n) is 14.5. The second-order valence-electron chi connectivity index (χ2n) is 5.38. The number of thioether (sulfide) groups is 1. The van der Waals surface area contributed by atoms with Gasteiger partial charge in [0.05, 0.1) is 23.8 Å². The van der Waals surface area contributed by atoms with E-state index in [9.17, 15) is 4.79 Å². The van der Waals surface area contributed by atoms with Crippen LogP contribution in [0.1, 0.15) is 19.6 Å². The fourth-order valence-corrected chi connectivity index (χ4v) is 3.02. The standard InChI is InChI=1S/C17H19N5O3S/c1-3-24-15-9-5-4-8-14(15)18-16(23)12(2)26-17-19-20-21-22(17)11-13-7-6-10-25-13/h4-10,12H,3,11H2,1-2H3,(H,18,23). The van der Waals surface area contributed by atoms with Crippen molar-refractivity contribution in [1.82, 2.24) is 20.2 Å². The highest BCUT2D eigenvalue weighted by atomic mass is 32.2. The van der Waals surface area contributed by atoms with Crippen molar-refractivity contribution in [3.05, 3.63) is 48.4 Å². The lowest BCUT2D eigenvalue weighted by atomic mass is 10.3. The Hall–Kier alpha value is -2.81. The molecule has 3 aromatic rings. The molecular weight excluding hydrogens is 354 g/mol. The van der Waals surface area contributed by atoms with Crippen molar-refractivity contribution in [2.45, 2.75) is 30.8 Å². The van der Waals surface area contributed by atoms with Gasteiger partial charge in [0.25, 0.3) is 0 Å². The summed E-state index contributed by atoms with van der Waals surface area (Å²) in [5.41, 5.74) is 0.641. The summed E-state index contributed by atoms with van der Waals surface area (Å²) in [6.45, 7) is 4.63. The van der Waals surface area contributed by atoms with Crippen LogP contribution >= 0.6 is 11.8 Å². The summed E-state index contributed by atoms with van der Waals surface area (Å²) in [7, 11) is 0. The normalized spacial score (nSPS) is 11.9. The summed E-state index contributed by atoms with van der Waals surface area (Å²) >= 11 is 1.28. The lowest BCUT2D eigenvalue weighted by molar-refractivity contribution is -0.115. The van der Waals surface area contributed by atoms with E-state index in [1.165, 1.54) is 11.8 Å². The Balaban J connectivity index is 1.64. The number of tetrazole rings is 1. The first kappa shape index (κ1) is 18.0. The molecule has 8 nitrogen and oxygen atoms in total. The summed E-state index contributed by atoms with van der Waals surface area (Å²) in [5, 5.41) is 14.7. The van der Waals surface area contributed by atoms with Crippen LogP contribution in [0.5, 0.6) is 5.75 Å². The average molecular weight is 373 g/mol. The number of carbonyl (C=O) groups is 1. The number of amides is 1. The van der Waals surface area contributed by atoms with Gasteiger partial charge in [0.2, 0.25) is 11.1 Å². The Morgan fingerprint density at radius 1 is 1.35 bits per heavy atom. The first-order valence-electron chi connectivity index (χ1n) is 8.15. The molecule has 0 fully saturated rings. The lowest BCUT2D eigenvalue weighted by Gasteiger charge is -2.14. The molecule has 3 rings (SSSR count). The van der Waals surface area contributed by atoms with E-state index < -0.39 is 5.25 Å². The number of rotatable bonds is 8. The largest absolute Gasteiger partial charge is 0.492 e. The van der Waals surface area contributed by atoms with Crippen molar-refractivity contribution >= 4 is 23.4 Å². The maximum absolute atomic E-state index is 12.5. The van der Waals surface area contributed by atoms with E-state index in [4.69, 9.17) is 9.15 Å². The first-order chi connectivity index (χ1) is 12.7. The minimum atomic E-state index is -0.397. The Kier molecular flexibility index (Phi) is 5.90. The van der Waals surface area contributed by atoms with Crippen LogP contribution in [0.25, 0.3) is 0 Å². The molecule has 2 aromatic heterocycles. The van der Waals surface area contributed by atoms with E-state index in [1.807, 2.05) is 31.2 Å². The van der Waals surface area contributed by atoms with Gasteiger partial charge in [-0.15, -0.1) is 5.10 Å². The maximum Gasteiger partial charge on any atom is 0.237 e. The van der Waals surface area contributed by atoms with Crippen molar-refractivity contribution < 1.29 is 13.9 Å². The third-order valence-corrected chi connectivity index (χ3v) is 4.55. The molecule has 1 atom stereocenters. The monoisotopic (exact) mass is 373 g/mol. The molecule has 26 heavy (non-hydrogen) atoms. The molecule has 0 aliphatic carbocycles. The Morgan fingerprint density at radius 2 is 2.19 bits per heavy atom. The molecule has 2 heterocycles. The van der Waals surface area contributed by atoms with Crippen LogP contribution in [0, 0.1) is 0 Å². The molecule has 1 unspecified atom stereocenters. The molecule has 1 aromatic carbocycles. The van der Waals surface area contributed by atoms with Crippen LogP contribution in [0.2, 0.25) is 0 Å². The Labute approximate surface area is 154 Å². The zero-order chi connectivity index (χ0) is 18.4. The minimum Gasteiger partial charge on any atom is -0.492 e. The van der Waals surface area contributed by atoms with E-state index >= 15 is 0 Å². The molecule has 0 spiro atoms. The van der Waals surface area contributed by atoms with Gasteiger partial charge in [0, 0.05) is 0 Å². The minimum absolute atomic E-state index is 0.158. The second kappa shape index (κ2) is 8.52. The number of ether oxygens (including phenoxy) is 1. The van der Waals surface area contributed by atoms with E-state index in [0.717, 1.165) is 5.76 Å². The SMILES string of the molecule is CCOc1ccccc1NC(=O)C(C)Sc1nnnn1Cc1ccco1. The van der Waals surface area contributed by atoms with Crippen molar-refractivity contribution in [2.24, 2.45) is 0 Å². The van der Waals surface area contributed by atoms with Crippen molar-refractivity contribution in [1.29, 1.82) is 0 Å². The average Bonchev–Trinajstić information content (AvgIpc) is 3.30. The highest BCUT2D eigenvalue weighted by molar-refractivity contribution is 8.00. The molecule has 0 aliphatic heterocycles. The number of benzene rings is 1. The Bertz CT molecular complexity index is 850. The molecule has 1 N–H and O–H groups in total. The predicted molar refractivity (Wildman–Crippen MR) is 97.2 cm³/mol. The third-order valence-electron chi connectivity index (χ3n) is 3.48. The second-order valence-corrected chi connectivity index (χ2v) is 6.68. The smallest absolute Gasteiger partial charge is 0.237 e. The van der Waals surface area contributed by atoms with Crippen molar-refractivity contribution in [2.75, 3.05) is 11.9 Å². The topological polar surface area (TPSA) is 95.1 Å². The summed E-state index contributed by atoms with van der Waals surface area (Å²) in [6.07, 6.45) is 1.60. The molecule has 0 radical (unpaired) electrons. The summed E-state index contributed by atoms with van der Waals surface area (Å²) < 4.78 is 12.4. The fourth-order valence-electron chi connectivity index (χ4n) is 2.23. The highest BCUT2D eigenvalue weighted by Crippen LogP contribution is 2.26. The zero-order valence-corrected chi connectivity index (χ0v) is 15.3. The van der Waals surface area contributed by atoms with Gasteiger partial charge in [-0.25, -0.2) is 4.68 Å². The van der Waals surface area contributed by atoms with Gasteiger partial charge in [-0.3, -0.25) is 4.79 Å². The van der Waals surface area contributed by atoms with Gasteiger partial charge in [-0.2, -0.15) is 0 Å². The number of hydrogen-bond acceptors (Lipinski definition) is 7. The van der Waals surface area contributed by atoms with Gasteiger partial charge in [0.1, 0.15) is 18.1 Å². The lowest BCUT2D eigenvalue weighted by Crippen LogP contribution is -2.23. The number of hydrogen-bond donors (Lipinski definition) is 1. The number of nitrogens with zero attached hydrogens (tertiary/aromatic N) is 4.